The summed E-state index contributed by atoms with van der Waals surface area (Å²) in [6.07, 6.45) is 1.32. The third-order valence-corrected chi connectivity index (χ3v) is 3.18. The van der Waals surface area contributed by atoms with Gasteiger partial charge in [-0.3, -0.25) is 0 Å². The predicted octanol–water partition coefficient (Wildman–Crippen LogP) is 1.98. The smallest absolute Gasteiger partial charge is 0.224 e. The molecule has 1 aromatic heterocycles. The summed E-state index contributed by atoms with van der Waals surface area (Å²) < 4.78 is 0. The van der Waals surface area contributed by atoms with Crippen molar-refractivity contribution in [1.29, 1.82) is 0 Å². The van der Waals surface area contributed by atoms with E-state index in [1.54, 1.807) is 6.92 Å². The van der Waals surface area contributed by atoms with Crippen LogP contribution in [-0.4, -0.2) is 27.2 Å². The van der Waals surface area contributed by atoms with Crippen molar-refractivity contribution in [2.45, 2.75) is 39.2 Å². The first-order valence-corrected chi connectivity index (χ1v) is 6.05. The maximum Gasteiger partial charge on any atom is 0.224 e. The van der Waals surface area contributed by atoms with Gasteiger partial charge in [0.2, 0.25) is 5.28 Å². The lowest BCUT2D eigenvalue weighted by Crippen LogP contribution is -2.35. The Labute approximate surface area is 106 Å². The van der Waals surface area contributed by atoms with Crippen molar-refractivity contribution < 1.29 is 5.11 Å². The molecule has 0 aliphatic heterocycles. The SMILES string of the molecule is CCC(O)(CC)CNc1nc(Cl)nc(C)c1N. The highest BCUT2D eigenvalue weighted by Crippen LogP contribution is 2.22. The van der Waals surface area contributed by atoms with Gasteiger partial charge in [0.05, 0.1) is 17.0 Å². The molecule has 0 saturated carbocycles. The lowest BCUT2D eigenvalue weighted by atomic mass is 9.98. The van der Waals surface area contributed by atoms with Gasteiger partial charge in [-0.15, -0.1) is 0 Å². The van der Waals surface area contributed by atoms with Gasteiger partial charge in [-0.2, -0.15) is 4.98 Å². The molecular weight excluding hydrogens is 240 g/mol. The van der Waals surface area contributed by atoms with E-state index in [4.69, 9.17) is 17.3 Å². The topological polar surface area (TPSA) is 84.1 Å². The lowest BCUT2D eigenvalue weighted by Gasteiger charge is -2.26. The molecule has 0 aliphatic carbocycles. The highest BCUT2D eigenvalue weighted by molar-refractivity contribution is 6.28. The Hall–Kier alpha value is -1.07. The standard InChI is InChI=1S/C11H19ClN4O/c1-4-11(17,5-2)6-14-9-8(13)7(3)15-10(12)16-9/h17H,4-6,13H2,1-3H3,(H,14,15,16). The number of anilines is 2. The van der Waals surface area contributed by atoms with E-state index in [0.29, 0.717) is 36.6 Å². The molecule has 5 nitrogen and oxygen atoms in total. The van der Waals surface area contributed by atoms with Gasteiger partial charge < -0.3 is 16.2 Å². The zero-order valence-corrected chi connectivity index (χ0v) is 11.2. The van der Waals surface area contributed by atoms with Gasteiger partial charge in [-0.1, -0.05) is 13.8 Å². The molecule has 0 spiro atoms. The lowest BCUT2D eigenvalue weighted by molar-refractivity contribution is 0.0456. The largest absolute Gasteiger partial charge is 0.394 e. The second-order valence-electron chi connectivity index (χ2n) is 4.13. The van der Waals surface area contributed by atoms with Gasteiger partial charge in [0.15, 0.2) is 5.82 Å². The fourth-order valence-electron chi connectivity index (χ4n) is 1.43. The van der Waals surface area contributed by atoms with Gasteiger partial charge in [-0.05, 0) is 31.4 Å². The Kier molecular flexibility index (Phi) is 4.54. The van der Waals surface area contributed by atoms with Crippen LogP contribution in [0.2, 0.25) is 5.28 Å². The molecule has 17 heavy (non-hydrogen) atoms. The van der Waals surface area contributed by atoms with E-state index in [1.165, 1.54) is 0 Å². The summed E-state index contributed by atoms with van der Waals surface area (Å²) in [4.78, 5) is 7.96. The highest BCUT2D eigenvalue weighted by atomic mass is 35.5. The third kappa shape index (κ3) is 3.44. The number of aromatic nitrogens is 2. The average Bonchev–Trinajstić information content (AvgIpc) is 2.31. The molecule has 0 unspecified atom stereocenters. The van der Waals surface area contributed by atoms with Crippen LogP contribution < -0.4 is 11.1 Å². The van der Waals surface area contributed by atoms with Gasteiger partial charge in [-0.25, -0.2) is 4.98 Å². The minimum atomic E-state index is -0.752. The fourth-order valence-corrected chi connectivity index (χ4v) is 1.64. The zero-order chi connectivity index (χ0) is 13.1. The number of aryl methyl sites for hydroxylation is 1. The second kappa shape index (κ2) is 5.51. The molecule has 0 radical (unpaired) electrons. The van der Waals surface area contributed by atoms with Crippen LogP contribution in [0.5, 0.6) is 0 Å². The summed E-state index contributed by atoms with van der Waals surface area (Å²) in [7, 11) is 0. The van der Waals surface area contributed by atoms with Crippen molar-refractivity contribution in [1.82, 2.24) is 9.97 Å². The maximum atomic E-state index is 10.1. The van der Waals surface area contributed by atoms with Crippen LogP contribution in [0.1, 0.15) is 32.4 Å². The van der Waals surface area contributed by atoms with Gasteiger partial charge in [0.25, 0.3) is 0 Å². The van der Waals surface area contributed by atoms with Crippen LogP contribution in [0.25, 0.3) is 0 Å². The number of hydrogen-bond donors (Lipinski definition) is 3. The average molecular weight is 259 g/mol. The maximum absolute atomic E-state index is 10.1. The van der Waals surface area contributed by atoms with Gasteiger partial charge in [0, 0.05) is 6.54 Å². The van der Waals surface area contributed by atoms with E-state index in [1.807, 2.05) is 13.8 Å². The minimum absolute atomic E-state index is 0.149. The molecule has 4 N–H and O–H groups in total. The molecule has 6 heteroatoms. The van der Waals surface area contributed by atoms with Crippen LogP contribution >= 0.6 is 11.6 Å². The predicted molar refractivity (Wildman–Crippen MR) is 70.2 cm³/mol. The van der Waals surface area contributed by atoms with E-state index in [9.17, 15) is 5.11 Å². The number of halogens is 1. The summed E-state index contributed by atoms with van der Waals surface area (Å²) in [5, 5.41) is 13.3. The highest BCUT2D eigenvalue weighted by Gasteiger charge is 2.22. The Balaban J connectivity index is 2.82. The molecule has 1 aromatic rings. The van der Waals surface area contributed by atoms with Crippen LogP contribution in [0.3, 0.4) is 0 Å². The van der Waals surface area contributed by atoms with Crippen molar-refractivity contribution in [2.24, 2.45) is 0 Å². The van der Waals surface area contributed by atoms with Crippen LogP contribution in [0.4, 0.5) is 11.5 Å². The minimum Gasteiger partial charge on any atom is -0.394 e. The molecule has 0 fully saturated rings. The quantitative estimate of drug-likeness (QED) is 0.704. The zero-order valence-electron chi connectivity index (χ0n) is 10.4. The molecule has 0 saturated heterocycles. The number of rotatable bonds is 5. The number of nitrogens with one attached hydrogen (secondary N) is 1. The summed E-state index contributed by atoms with van der Waals surface area (Å²) in [5.41, 5.74) is 6.17. The van der Waals surface area contributed by atoms with E-state index in [0.717, 1.165) is 0 Å². The molecule has 1 heterocycles. The van der Waals surface area contributed by atoms with E-state index in [-0.39, 0.29) is 5.28 Å². The number of nitrogen functional groups attached to an aromatic ring is 1. The first-order chi connectivity index (χ1) is 7.91. The molecule has 0 amide bonds. The number of hydrogen-bond acceptors (Lipinski definition) is 5. The summed E-state index contributed by atoms with van der Waals surface area (Å²) in [5.74, 6) is 0.475. The Morgan fingerprint density at radius 2 is 1.94 bits per heavy atom. The second-order valence-corrected chi connectivity index (χ2v) is 4.46. The monoisotopic (exact) mass is 258 g/mol. The van der Waals surface area contributed by atoms with Crippen LogP contribution in [0.15, 0.2) is 0 Å². The van der Waals surface area contributed by atoms with Crippen LogP contribution in [-0.2, 0) is 0 Å². The molecule has 0 bridgehead atoms. The molecule has 0 atom stereocenters. The Morgan fingerprint density at radius 1 is 1.35 bits per heavy atom. The summed E-state index contributed by atoms with van der Waals surface area (Å²) >= 11 is 5.76. The normalized spacial score (nSPS) is 11.6. The fraction of sp³-hybridized carbons (Fsp3) is 0.636. The van der Waals surface area contributed by atoms with E-state index >= 15 is 0 Å². The molecular formula is C11H19ClN4O. The van der Waals surface area contributed by atoms with Gasteiger partial charge in [0.1, 0.15) is 0 Å². The van der Waals surface area contributed by atoms with Gasteiger partial charge >= 0.3 is 0 Å². The van der Waals surface area contributed by atoms with Crippen molar-refractivity contribution in [2.75, 3.05) is 17.6 Å². The Morgan fingerprint density at radius 3 is 2.47 bits per heavy atom. The third-order valence-electron chi connectivity index (χ3n) is 3.01. The first kappa shape index (κ1) is 14.0. The van der Waals surface area contributed by atoms with Crippen molar-refractivity contribution in [3.05, 3.63) is 11.0 Å². The number of nitrogens with zero attached hydrogens (tertiary/aromatic N) is 2. The number of nitrogens with two attached hydrogens (primary N) is 1. The first-order valence-electron chi connectivity index (χ1n) is 5.67. The van der Waals surface area contributed by atoms with Crippen molar-refractivity contribution in [3.8, 4) is 0 Å². The summed E-state index contributed by atoms with van der Waals surface area (Å²) in [6.45, 7) is 6.02. The van der Waals surface area contributed by atoms with Crippen molar-refractivity contribution in [3.63, 3.8) is 0 Å². The van der Waals surface area contributed by atoms with Crippen LogP contribution in [0, 0.1) is 6.92 Å². The van der Waals surface area contributed by atoms with E-state index in [2.05, 4.69) is 15.3 Å². The van der Waals surface area contributed by atoms with E-state index < -0.39 is 5.60 Å². The Bertz CT molecular complexity index is 393. The summed E-state index contributed by atoms with van der Waals surface area (Å²) in [6, 6.07) is 0. The molecule has 0 aromatic carbocycles. The van der Waals surface area contributed by atoms with Crippen molar-refractivity contribution >= 4 is 23.1 Å². The number of aliphatic hydroxyl groups is 1. The molecule has 0 aliphatic rings. The molecule has 96 valence electrons. The molecule has 1 rings (SSSR count).